The normalized spacial score (nSPS) is 17.8. The molecule has 1 aliphatic rings. The molecule has 0 aromatic heterocycles. The maximum absolute atomic E-state index is 12.9. The first kappa shape index (κ1) is 24.2. The topological polar surface area (TPSA) is 61.9 Å². The molecule has 1 fully saturated rings. The van der Waals surface area contributed by atoms with Crippen LogP contribution in [0.4, 0.5) is 10.5 Å². The first-order chi connectivity index (χ1) is 14.0. The van der Waals surface area contributed by atoms with Gasteiger partial charge in [0, 0.05) is 31.9 Å². The summed E-state index contributed by atoms with van der Waals surface area (Å²) < 4.78 is 5.48. The molecule has 0 spiro atoms. The molecule has 6 nitrogen and oxygen atoms in total. The average molecular weight is 418 g/mol. The van der Waals surface area contributed by atoms with Gasteiger partial charge >= 0.3 is 6.09 Å². The van der Waals surface area contributed by atoms with Crippen LogP contribution in [0.5, 0.6) is 0 Å². The van der Waals surface area contributed by atoms with Crippen molar-refractivity contribution in [3.05, 3.63) is 29.8 Å². The minimum absolute atomic E-state index is 0.0182. The number of nitrogens with zero attached hydrogens (tertiary/aromatic N) is 2. The van der Waals surface area contributed by atoms with Gasteiger partial charge in [0.15, 0.2) is 0 Å². The van der Waals surface area contributed by atoms with Crippen molar-refractivity contribution in [1.29, 1.82) is 0 Å². The van der Waals surface area contributed by atoms with E-state index in [4.69, 9.17) is 4.74 Å². The number of carbonyl (C=O) groups is 2. The highest BCUT2D eigenvalue weighted by molar-refractivity contribution is 5.95. The molecule has 168 valence electrons. The van der Waals surface area contributed by atoms with Crippen molar-refractivity contribution in [3.63, 3.8) is 0 Å². The van der Waals surface area contributed by atoms with E-state index in [1.807, 2.05) is 45.9 Å². The molecular weight excluding hydrogens is 378 g/mol. The molecule has 2 unspecified atom stereocenters. The quantitative estimate of drug-likeness (QED) is 0.718. The van der Waals surface area contributed by atoms with Gasteiger partial charge in [-0.05, 0) is 64.5 Å². The highest BCUT2D eigenvalue weighted by Gasteiger charge is 2.31. The number of likely N-dealkylation sites (tertiary alicyclic amines) is 1. The molecule has 1 heterocycles. The molecular formula is C24H39N3O3. The van der Waals surface area contributed by atoms with Crippen LogP contribution in [0, 0.1) is 0 Å². The van der Waals surface area contributed by atoms with Gasteiger partial charge in [-0.15, -0.1) is 0 Å². The smallest absolute Gasteiger partial charge is 0.410 e. The summed E-state index contributed by atoms with van der Waals surface area (Å²) >= 11 is 0. The Morgan fingerprint density at radius 1 is 1.20 bits per heavy atom. The lowest BCUT2D eigenvalue weighted by molar-refractivity contribution is -0.121. The monoisotopic (exact) mass is 417 g/mol. The molecule has 1 aliphatic heterocycles. The highest BCUT2D eigenvalue weighted by Crippen LogP contribution is 2.27. The van der Waals surface area contributed by atoms with Crippen molar-refractivity contribution >= 4 is 17.7 Å². The van der Waals surface area contributed by atoms with Crippen LogP contribution in [0.1, 0.15) is 72.3 Å². The van der Waals surface area contributed by atoms with Crippen molar-refractivity contribution in [3.8, 4) is 0 Å². The molecule has 6 heteroatoms. The van der Waals surface area contributed by atoms with Gasteiger partial charge in [-0.1, -0.05) is 32.0 Å². The number of anilines is 1. The summed E-state index contributed by atoms with van der Waals surface area (Å²) in [5.74, 6) is 0.417. The number of hydrogen-bond donors (Lipinski definition) is 1. The third kappa shape index (κ3) is 6.46. The van der Waals surface area contributed by atoms with E-state index >= 15 is 0 Å². The van der Waals surface area contributed by atoms with Gasteiger partial charge in [0.05, 0.1) is 6.04 Å². The fraction of sp³-hybridized carbons (Fsp3) is 0.667. The Morgan fingerprint density at radius 2 is 1.80 bits per heavy atom. The summed E-state index contributed by atoms with van der Waals surface area (Å²) in [7, 11) is 1.80. The number of ether oxygens (including phenoxy) is 1. The summed E-state index contributed by atoms with van der Waals surface area (Å²) in [5, 5.41) is 3.14. The molecule has 30 heavy (non-hydrogen) atoms. The lowest BCUT2D eigenvalue weighted by Gasteiger charge is -2.39. The Labute approximate surface area is 182 Å². The van der Waals surface area contributed by atoms with Gasteiger partial charge in [-0.25, -0.2) is 4.79 Å². The second-order valence-electron chi connectivity index (χ2n) is 9.42. The van der Waals surface area contributed by atoms with Crippen LogP contribution >= 0.6 is 0 Å². The predicted octanol–water partition coefficient (Wildman–Crippen LogP) is 4.86. The fourth-order valence-electron chi connectivity index (χ4n) is 3.81. The van der Waals surface area contributed by atoms with Gasteiger partial charge in [0.1, 0.15) is 5.60 Å². The number of carbonyl (C=O) groups excluding carboxylic acids is 2. The Hall–Kier alpha value is -2.08. The van der Waals surface area contributed by atoms with E-state index in [0.717, 1.165) is 38.0 Å². The SMILES string of the molecule is CCC(C)c1ccccc1NC(=O)C(C)N1CCC(N(C)C(=O)OC(C)(C)C)CC1. The van der Waals surface area contributed by atoms with E-state index in [-0.39, 0.29) is 24.1 Å². The van der Waals surface area contributed by atoms with Gasteiger partial charge < -0.3 is 15.0 Å². The van der Waals surface area contributed by atoms with Gasteiger partial charge in [-0.2, -0.15) is 0 Å². The second-order valence-corrected chi connectivity index (χ2v) is 9.42. The lowest BCUT2D eigenvalue weighted by Crippen LogP contribution is -2.51. The lowest BCUT2D eigenvalue weighted by atomic mass is 9.96. The molecule has 2 atom stereocenters. The molecule has 0 radical (unpaired) electrons. The van der Waals surface area contributed by atoms with E-state index in [2.05, 4.69) is 30.1 Å². The fourth-order valence-corrected chi connectivity index (χ4v) is 3.81. The molecule has 0 aliphatic carbocycles. The number of piperidine rings is 1. The molecule has 0 saturated carbocycles. The second kappa shape index (κ2) is 10.3. The number of amides is 2. The standard InChI is InChI=1S/C24H39N3O3/c1-8-17(2)20-11-9-10-12-21(20)25-22(28)18(3)27-15-13-19(14-16-27)26(7)23(29)30-24(4,5)6/h9-12,17-19H,8,13-16H2,1-7H3,(H,25,28). The van der Waals surface area contributed by atoms with E-state index in [0.29, 0.717) is 5.92 Å². The van der Waals surface area contributed by atoms with Crippen molar-refractivity contribution < 1.29 is 14.3 Å². The van der Waals surface area contributed by atoms with Gasteiger partial charge in [-0.3, -0.25) is 9.69 Å². The van der Waals surface area contributed by atoms with Crippen molar-refractivity contribution in [2.45, 2.75) is 84.4 Å². The molecule has 1 N–H and O–H groups in total. The molecule has 1 saturated heterocycles. The van der Waals surface area contributed by atoms with Crippen molar-refractivity contribution in [1.82, 2.24) is 9.80 Å². The number of hydrogen-bond acceptors (Lipinski definition) is 4. The maximum atomic E-state index is 12.9. The minimum atomic E-state index is -0.496. The van der Waals surface area contributed by atoms with E-state index in [1.165, 1.54) is 5.56 Å². The zero-order chi connectivity index (χ0) is 22.5. The average Bonchev–Trinajstić information content (AvgIpc) is 2.71. The Bertz CT molecular complexity index is 721. The van der Waals surface area contributed by atoms with Crippen LogP contribution in [0.3, 0.4) is 0 Å². The van der Waals surface area contributed by atoms with Gasteiger partial charge in [0.25, 0.3) is 0 Å². The third-order valence-electron chi connectivity index (χ3n) is 6.02. The van der Waals surface area contributed by atoms with Crippen LogP contribution in [-0.4, -0.2) is 59.6 Å². The largest absolute Gasteiger partial charge is 0.444 e. The van der Waals surface area contributed by atoms with Crippen LogP contribution in [0.15, 0.2) is 24.3 Å². The van der Waals surface area contributed by atoms with Crippen LogP contribution in [0.2, 0.25) is 0 Å². The Balaban J connectivity index is 1.92. The van der Waals surface area contributed by atoms with Crippen LogP contribution in [-0.2, 0) is 9.53 Å². The molecule has 2 rings (SSSR count). The van der Waals surface area contributed by atoms with Crippen LogP contribution in [0.25, 0.3) is 0 Å². The molecule has 1 aromatic rings. The zero-order valence-electron chi connectivity index (χ0n) is 19.7. The Kier molecular flexibility index (Phi) is 8.30. The van der Waals surface area contributed by atoms with Gasteiger partial charge in [0.2, 0.25) is 5.91 Å². The summed E-state index contributed by atoms with van der Waals surface area (Å²) in [6, 6.07) is 7.97. The first-order valence-corrected chi connectivity index (χ1v) is 11.1. The van der Waals surface area contributed by atoms with E-state index in [9.17, 15) is 9.59 Å². The minimum Gasteiger partial charge on any atom is -0.444 e. The highest BCUT2D eigenvalue weighted by atomic mass is 16.6. The number of nitrogens with one attached hydrogen (secondary N) is 1. The number of para-hydroxylation sites is 1. The molecule has 1 aromatic carbocycles. The summed E-state index contributed by atoms with van der Waals surface area (Å²) in [6.45, 7) is 13.5. The maximum Gasteiger partial charge on any atom is 0.410 e. The zero-order valence-corrected chi connectivity index (χ0v) is 19.7. The van der Waals surface area contributed by atoms with Crippen LogP contribution < -0.4 is 5.32 Å². The van der Waals surface area contributed by atoms with Crippen molar-refractivity contribution in [2.75, 3.05) is 25.5 Å². The predicted molar refractivity (Wildman–Crippen MR) is 122 cm³/mol. The Morgan fingerprint density at radius 3 is 2.37 bits per heavy atom. The number of benzene rings is 1. The molecule has 0 bridgehead atoms. The molecule has 2 amide bonds. The third-order valence-corrected chi connectivity index (χ3v) is 6.02. The summed E-state index contributed by atoms with van der Waals surface area (Å²) in [5.41, 5.74) is 1.59. The van der Waals surface area contributed by atoms with Crippen molar-refractivity contribution in [2.24, 2.45) is 0 Å². The van der Waals surface area contributed by atoms with E-state index in [1.54, 1.807) is 11.9 Å². The van der Waals surface area contributed by atoms with E-state index < -0.39 is 5.60 Å². The first-order valence-electron chi connectivity index (χ1n) is 11.1. The number of rotatable bonds is 6. The summed E-state index contributed by atoms with van der Waals surface area (Å²) in [4.78, 5) is 29.1. The summed E-state index contributed by atoms with van der Waals surface area (Å²) in [6.07, 6.45) is 2.41.